The molecule has 3 nitrogen and oxygen atoms in total. The molecule has 0 aliphatic heterocycles. The van der Waals surface area contributed by atoms with Crippen molar-refractivity contribution in [2.45, 2.75) is 78.6 Å². The van der Waals surface area contributed by atoms with Crippen molar-refractivity contribution in [3.8, 4) is 6.07 Å². The van der Waals surface area contributed by atoms with E-state index in [0.717, 1.165) is 19.3 Å². The highest BCUT2D eigenvalue weighted by atomic mass is 16.5. The summed E-state index contributed by atoms with van der Waals surface area (Å²) in [4.78, 5) is 0. The summed E-state index contributed by atoms with van der Waals surface area (Å²) in [5, 5.41) is 19.2. The Morgan fingerprint density at radius 2 is 1.50 bits per heavy atom. The van der Waals surface area contributed by atoms with Crippen molar-refractivity contribution in [3.63, 3.8) is 0 Å². The monoisotopic (exact) mass is 253 g/mol. The average molecular weight is 253 g/mol. The number of aliphatic hydroxyl groups is 1. The molecule has 0 radical (unpaired) electrons. The molecule has 0 heterocycles. The summed E-state index contributed by atoms with van der Waals surface area (Å²) in [6.45, 7) is 12.3. The summed E-state index contributed by atoms with van der Waals surface area (Å²) in [6.07, 6.45) is 1.70. The van der Waals surface area contributed by atoms with Gasteiger partial charge in [-0.25, -0.2) is 0 Å². The lowest BCUT2D eigenvalue weighted by atomic mass is 9.60. The lowest BCUT2D eigenvalue weighted by Gasteiger charge is -2.49. The molecule has 0 spiro atoms. The number of hydrogen-bond donors (Lipinski definition) is 1. The fourth-order valence-electron chi connectivity index (χ4n) is 3.67. The van der Waals surface area contributed by atoms with E-state index in [1.165, 1.54) is 0 Å². The summed E-state index contributed by atoms with van der Waals surface area (Å²) < 4.78 is 5.95. The molecular weight excluding hydrogens is 226 g/mol. The van der Waals surface area contributed by atoms with Gasteiger partial charge in [-0.15, -0.1) is 0 Å². The van der Waals surface area contributed by atoms with Crippen LogP contribution in [0.15, 0.2) is 0 Å². The van der Waals surface area contributed by atoms with Crippen LogP contribution in [0.5, 0.6) is 0 Å². The molecule has 18 heavy (non-hydrogen) atoms. The summed E-state index contributed by atoms with van der Waals surface area (Å²) in [6, 6.07) is 2.38. The zero-order valence-corrected chi connectivity index (χ0v) is 12.6. The van der Waals surface area contributed by atoms with Crippen molar-refractivity contribution in [2.75, 3.05) is 0 Å². The van der Waals surface area contributed by atoms with Gasteiger partial charge >= 0.3 is 0 Å². The second kappa shape index (κ2) is 4.83. The lowest BCUT2D eigenvalue weighted by Crippen LogP contribution is -2.49. The zero-order valence-electron chi connectivity index (χ0n) is 12.6. The predicted octanol–water partition coefficient (Wildman–Crippen LogP) is 3.27. The number of hydrogen-bond acceptors (Lipinski definition) is 3. The Morgan fingerprint density at radius 3 is 1.83 bits per heavy atom. The van der Waals surface area contributed by atoms with Gasteiger partial charge in [0.25, 0.3) is 0 Å². The van der Waals surface area contributed by atoms with Crippen LogP contribution in [-0.2, 0) is 4.74 Å². The van der Waals surface area contributed by atoms with Crippen LogP contribution < -0.4 is 0 Å². The zero-order chi connectivity index (χ0) is 14.2. The van der Waals surface area contributed by atoms with Gasteiger partial charge in [0.1, 0.15) is 0 Å². The third-order valence-electron chi connectivity index (χ3n) is 3.78. The first-order valence-electron chi connectivity index (χ1n) is 6.78. The van der Waals surface area contributed by atoms with Gasteiger partial charge in [0.05, 0.1) is 18.3 Å². The maximum atomic E-state index is 9.59. The molecule has 1 fully saturated rings. The van der Waals surface area contributed by atoms with E-state index in [1.54, 1.807) is 6.92 Å². The molecule has 2 atom stereocenters. The van der Waals surface area contributed by atoms with Crippen molar-refractivity contribution in [1.29, 1.82) is 5.26 Å². The Kier molecular flexibility index (Phi) is 4.15. The molecule has 0 saturated heterocycles. The highest BCUT2D eigenvalue weighted by Crippen LogP contribution is 2.51. The average Bonchev–Trinajstić information content (AvgIpc) is 2.12. The van der Waals surface area contributed by atoms with Crippen LogP contribution in [0.4, 0.5) is 0 Å². The molecule has 1 N–H and O–H groups in total. The summed E-state index contributed by atoms with van der Waals surface area (Å²) >= 11 is 0. The Balaban J connectivity index is 2.96. The molecule has 2 unspecified atom stereocenters. The van der Waals surface area contributed by atoms with E-state index in [2.05, 4.69) is 33.8 Å². The van der Waals surface area contributed by atoms with E-state index < -0.39 is 11.7 Å². The van der Waals surface area contributed by atoms with Crippen LogP contribution in [0.25, 0.3) is 0 Å². The van der Waals surface area contributed by atoms with Gasteiger partial charge in [-0.2, -0.15) is 5.26 Å². The maximum absolute atomic E-state index is 9.59. The molecule has 0 bridgehead atoms. The Bertz CT molecular complexity index is 323. The van der Waals surface area contributed by atoms with Gasteiger partial charge in [-0.05, 0) is 43.9 Å². The molecule has 0 aromatic heterocycles. The molecule has 1 rings (SSSR count). The molecule has 1 aliphatic rings. The minimum absolute atomic E-state index is 0.0931. The second-order valence-corrected chi connectivity index (χ2v) is 7.53. The molecule has 0 aromatic rings. The van der Waals surface area contributed by atoms with Gasteiger partial charge in [0.15, 0.2) is 5.60 Å². The van der Waals surface area contributed by atoms with Crippen molar-refractivity contribution < 1.29 is 9.84 Å². The maximum Gasteiger partial charge on any atom is 0.155 e. The van der Waals surface area contributed by atoms with Crippen LogP contribution in [0.2, 0.25) is 0 Å². The molecule has 0 aromatic carbocycles. The fraction of sp³-hybridized carbons (Fsp3) is 0.933. The van der Waals surface area contributed by atoms with E-state index in [0.29, 0.717) is 0 Å². The van der Waals surface area contributed by atoms with Crippen LogP contribution >= 0.6 is 0 Å². The molecule has 1 aliphatic carbocycles. The number of aliphatic hydroxyl groups excluding tert-OH is 1. The summed E-state index contributed by atoms with van der Waals surface area (Å²) in [7, 11) is 0. The van der Waals surface area contributed by atoms with Gasteiger partial charge in [-0.3, -0.25) is 0 Å². The minimum Gasteiger partial charge on any atom is -0.391 e. The van der Waals surface area contributed by atoms with Gasteiger partial charge in [-0.1, -0.05) is 27.7 Å². The standard InChI is InChI=1S/C15H27NO2/c1-11(17)12(2)18-15(10-16)8-13(3,4)7-14(5,6)9-15/h11-12,17H,7-9H2,1-6H3. The van der Waals surface area contributed by atoms with E-state index in [-0.39, 0.29) is 16.9 Å². The molecule has 1 saturated carbocycles. The number of nitrogens with zero attached hydrogens (tertiary/aromatic N) is 1. The topological polar surface area (TPSA) is 53.2 Å². The van der Waals surface area contributed by atoms with Crippen molar-refractivity contribution in [2.24, 2.45) is 10.8 Å². The van der Waals surface area contributed by atoms with Crippen LogP contribution in [0.3, 0.4) is 0 Å². The van der Waals surface area contributed by atoms with Crippen molar-refractivity contribution in [1.82, 2.24) is 0 Å². The second-order valence-electron chi connectivity index (χ2n) is 7.53. The third-order valence-corrected chi connectivity index (χ3v) is 3.78. The number of rotatable bonds is 3. The Labute approximate surface area is 111 Å². The summed E-state index contributed by atoms with van der Waals surface area (Å²) in [5.41, 5.74) is -0.576. The molecular formula is C15H27NO2. The van der Waals surface area contributed by atoms with E-state index >= 15 is 0 Å². The van der Waals surface area contributed by atoms with Crippen molar-refractivity contribution >= 4 is 0 Å². The molecule has 3 heteroatoms. The highest BCUT2D eigenvalue weighted by Gasteiger charge is 2.49. The van der Waals surface area contributed by atoms with E-state index in [4.69, 9.17) is 4.74 Å². The van der Waals surface area contributed by atoms with Gasteiger partial charge < -0.3 is 9.84 Å². The first-order chi connectivity index (χ1) is 8.01. The third kappa shape index (κ3) is 3.70. The Hall–Kier alpha value is -0.590. The first kappa shape index (κ1) is 15.5. The number of ether oxygens (including phenoxy) is 1. The van der Waals surface area contributed by atoms with E-state index in [9.17, 15) is 10.4 Å². The highest BCUT2D eigenvalue weighted by molar-refractivity contribution is 5.11. The van der Waals surface area contributed by atoms with E-state index in [1.807, 2.05) is 6.92 Å². The normalized spacial score (nSPS) is 28.1. The number of nitriles is 1. The fourth-order valence-corrected chi connectivity index (χ4v) is 3.67. The molecule has 0 amide bonds. The first-order valence-corrected chi connectivity index (χ1v) is 6.78. The summed E-state index contributed by atoms with van der Waals surface area (Å²) in [5.74, 6) is 0. The van der Waals surface area contributed by atoms with Crippen LogP contribution in [-0.4, -0.2) is 22.9 Å². The largest absolute Gasteiger partial charge is 0.391 e. The van der Waals surface area contributed by atoms with Crippen molar-refractivity contribution in [3.05, 3.63) is 0 Å². The smallest absolute Gasteiger partial charge is 0.155 e. The molecule has 104 valence electrons. The Morgan fingerprint density at radius 1 is 1.06 bits per heavy atom. The minimum atomic E-state index is -0.762. The van der Waals surface area contributed by atoms with Crippen LogP contribution in [0.1, 0.15) is 60.8 Å². The SMILES string of the molecule is CC(O)C(C)OC1(C#N)CC(C)(C)CC(C)(C)C1. The lowest BCUT2D eigenvalue weighted by molar-refractivity contribution is -0.147. The van der Waals surface area contributed by atoms with Gasteiger partial charge in [0.2, 0.25) is 0 Å². The van der Waals surface area contributed by atoms with Gasteiger partial charge in [0, 0.05) is 0 Å². The quantitative estimate of drug-likeness (QED) is 0.839. The predicted molar refractivity (Wildman–Crippen MR) is 72.0 cm³/mol. The van der Waals surface area contributed by atoms with Crippen LogP contribution in [0, 0.1) is 22.2 Å².